The highest BCUT2D eigenvalue weighted by atomic mass is 32.2. The lowest BCUT2D eigenvalue weighted by molar-refractivity contribution is -0.384. The molecule has 3 rings (SSSR count). The number of benzene rings is 3. The minimum absolute atomic E-state index is 0.0194. The molecule has 0 unspecified atom stereocenters. The molecular formula is C30H36N4O6S. The monoisotopic (exact) mass is 580 g/mol. The van der Waals surface area contributed by atoms with Crippen molar-refractivity contribution >= 4 is 33.2 Å². The largest absolute Gasteiger partial charge is 0.352 e. The number of nitro groups is 1. The van der Waals surface area contributed by atoms with Gasteiger partial charge in [-0.2, -0.15) is 0 Å². The van der Waals surface area contributed by atoms with Crippen LogP contribution in [0.15, 0.2) is 78.9 Å². The van der Waals surface area contributed by atoms with Crippen molar-refractivity contribution in [3.63, 3.8) is 0 Å². The Bertz CT molecular complexity index is 1460. The summed E-state index contributed by atoms with van der Waals surface area (Å²) in [7, 11) is -4.03. The zero-order valence-corrected chi connectivity index (χ0v) is 24.5. The van der Waals surface area contributed by atoms with E-state index in [-0.39, 0.29) is 36.3 Å². The number of non-ortho nitro benzene ring substituents is 1. The second kappa shape index (κ2) is 13.9. The van der Waals surface area contributed by atoms with Gasteiger partial charge in [0, 0.05) is 31.1 Å². The molecule has 0 radical (unpaired) electrons. The fourth-order valence-electron chi connectivity index (χ4n) is 4.26. The number of carbonyl (C=O) groups is 2. The van der Waals surface area contributed by atoms with Crippen LogP contribution < -0.4 is 9.62 Å². The van der Waals surface area contributed by atoms with Crippen LogP contribution in [0.3, 0.4) is 0 Å². The van der Waals surface area contributed by atoms with E-state index in [1.807, 2.05) is 75.4 Å². The van der Waals surface area contributed by atoms with Gasteiger partial charge in [0.1, 0.15) is 12.6 Å². The van der Waals surface area contributed by atoms with Crippen molar-refractivity contribution in [3.05, 3.63) is 106 Å². The number of rotatable bonds is 13. The lowest BCUT2D eigenvalue weighted by Crippen LogP contribution is -2.54. The molecule has 0 aromatic heterocycles. The average Bonchev–Trinajstić information content (AvgIpc) is 2.94. The third kappa shape index (κ3) is 8.87. The van der Waals surface area contributed by atoms with Gasteiger partial charge in [-0.05, 0) is 37.5 Å². The van der Waals surface area contributed by atoms with Crippen LogP contribution in [0.25, 0.3) is 0 Å². The SMILES string of the molecule is CC[C@H](C)NC(=O)[C@H](Cc1ccccc1)N(Cc1ccc(C)cc1)C(=O)CN(c1cccc([N+](=O)[O-])c1)S(C)(=O)=O. The third-order valence-corrected chi connectivity index (χ3v) is 7.89. The zero-order valence-electron chi connectivity index (χ0n) is 23.7. The molecule has 0 saturated carbocycles. The molecule has 10 nitrogen and oxygen atoms in total. The van der Waals surface area contributed by atoms with Gasteiger partial charge in [-0.25, -0.2) is 8.42 Å². The molecule has 0 aliphatic heterocycles. The van der Waals surface area contributed by atoms with E-state index in [0.29, 0.717) is 6.42 Å². The van der Waals surface area contributed by atoms with Crippen LogP contribution in [0.1, 0.15) is 37.0 Å². The molecule has 3 aromatic carbocycles. The maximum Gasteiger partial charge on any atom is 0.271 e. The highest BCUT2D eigenvalue weighted by molar-refractivity contribution is 7.92. The zero-order chi connectivity index (χ0) is 30.2. The first-order valence-corrected chi connectivity index (χ1v) is 15.1. The number of amides is 2. The van der Waals surface area contributed by atoms with E-state index in [2.05, 4.69) is 5.32 Å². The first-order chi connectivity index (χ1) is 19.4. The summed E-state index contributed by atoms with van der Waals surface area (Å²) in [6.45, 7) is 5.16. The molecule has 41 heavy (non-hydrogen) atoms. The molecule has 0 saturated heterocycles. The van der Waals surface area contributed by atoms with E-state index < -0.39 is 33.4 Å². The second-order valence-corrected chi connectivity index (χ2v) is 12.0. The van der Waals surface area contributed by atoms with Gasteiger partial charge in [0.2, 0.25) is 21.8 Å². The smallest absolute Gasteiger partial charge is 0.271 e. The molecule has 0 bridgehead atoms. The molecular weight excluding hydrogens is 544 g/mol. The van der Waals surface area contributed by atoms with Gasteiger partial charge in [0.05, 0.1) is 16.9 Å². The Labute approximate surface area is 241 Å². The van der Waals surface area contributed by atoms with Crippen LogP contribution in [-0.2, 0) is 32.6 Å². The van der Waals surface area contributed by atoms with Crippen LogP contribution in [0.5, 0.6) is 0 Å². The molecule has 1 N–H and O–H groups in total. The molecule has 0 aliphatic carbocycles. The van der Waals surface area contributed by atoms with Crippen molar-refractivity contribution < 1.29 is 22.9 Å². The van der Waals surface area contributed by atoms with Crippen molar-refractivity contribution in [1.82, 2.24) is 10.2 Å². The molecule has 2 atom stereocenters. The van der Waals surface area contributed by atoms with Gasteiger partial charge in [-0.15, -0.1) is 0 Å². The van der Waals surface area contributed by atoms with Crippen molar-refractivity contribution in [1.29, 1.82) is 0 Å². The first kappa shape index (κ1) is 31.3. The number of hydrogen-bond donors (Lipinski definition) is 1. The Morgan fingerprint density at radius 3 is 2.22 bits per heavy atom. The van der Waals surface area contributed by atoms with E-state index >= 15 is 0 Å². The maximum absolute atomic E-state index is 14.1. The van der Waals surface area contributed by atoms with Crippen molar-refractivity contribution in [2.45, 2.75) is 52.2 Å². The third-order valence-electron chi connectivity index (χ3n) is 6.75. The minimum atomic E-state index is -4.03. The van der Waals surface area contributed by atoms with Gasteiger partial charge in [-0.1, -0.05) is 73.2 Å². The number of anilines is 1. The number of aryl methyl sites for hydroxylation is 1. The van der Waals surface area contributed by atoms with E-state index in [4.69, 9.17) is 0 Å². The standard InChI is InChI=1S/C30H36N4O6S/c1-5-23(3)31-30(36)28(18-24-10-7-6-8-11-24)32(20-25-16-14-22(2)15-17-25)29(35)21-33(41(4,39)40)26-12-9-13-27(19-26)34(37)38/h6-17,19,23,28H,5,18,20-21H2,1-4H3,(H,31,36)/t23-,28-/m0/s1. The second-order valence-electron chi connectivity index (χ2n) is 10.1. The number of carbonyl (C=O) groups excluding carboxylic acids is 2. The molecule has 0 fully saturated rings. The normalized spacial score (nSPS) is 12.7. The summed E-state index contributed by atoms with van der Waals surface area (Å²) in [6, 6.07) is 20.8. The van der Waals surface area contributed by atoms with Crippen molar-refractivity contribution in [3.8, 4) is 0 Å². The van der Waals surface area contributed by atoms with Crippen molar-refractivity contribution in [2.75, 3.05) is 17.1 Å². The molecule has 2 amide bonds. The number of nitrogens with zero attached hydrogens (tertiary/aromatic N) is 3. The molecule has 0 heterocycles. The van der Waals surface area contributed by atoms with Crippen LogP contribution >= 0.6 is 0 Å². The van der Waals surface area contributed by atoms with E-state index in [0.717, 1.165) is 33.3 Å². The molecule has 0 spiro atoms. The van der Waals surface area contributed by atoms with E-state index in [9.17, 15) is 28.1 Å². The van der Waals surface area contributed by atoms with Gasteiger partial charge >= 0.3 is 0 Å². The van der Waals surface area contributed by atoms with E-state index in [1.54, 1.807) is 0 Å². The number of nitro benzene ring substituents is 1. The molecule has 0 aliphatic rings. The van der Waals surface area contributed by atoms with E-state index in [1.165, 1.54) is 23.1 Å². The number of sulfonamides is 1. The topological polar surface area (TPSA) is 130 Å². The van der Waals surface area contributed by atoms with Crippen LogP contribution in [-0.4, -0.2) is 54.9 Å². The summed E-state index contributed by atoms with van der Waals surface area (Å²) in [5.41, 5.74) is 2.29. The Morgan fingerprint density at radius 1 is 0.976 bits per heavy atom. The summed E-state index contributed by atoms with van der Waals surface area (Å²) in [4.78, 5) is 39.8. The quantitative estimate of drug-likeness (QED) is 0.238. The summed E-state index contributed by atoms with van der Waals surface area (Å²) >= 11 is 0. The molecule has 11 heteroatoms. The highest BCUT2D eigenvalue weighted by Gasteiger charge is 2.33. The Morgan fingerprint density at radius 2 is 1.63 bits per heavy atom. The van der Waals surface area contributed by atoms with Gasteiger partial charge in [0.15, 0.2) is 0 Å². The minimum Gasteiger partial charge on any atom is -0.352 e. The summed E-state index contributed by atoms with van der Waals surface area (Å²) in [5, 5.41) is 14.3. The van der Waals surface area contributed by atoms with Gasteiger partial charge in [-0.3, -0.25) is 24.0 Å². The fourth-order valence-corrected chi connectivity index (χ4v) is 5.10. The number of hydrogen-bond acceptors (Lipinski definition) is 6. The predicted molar refractivity (Wildman–Crippen MR) is 159 cm³/mol. The lowest BCUT2D eigenvalue weighted by atomic mass is 10.0. The summed E-state index contributed by atoms with van der Waals surface area (Å²) in [6.07, 6.45) is 1.82. The van der Waals surface area contributed by atoms with Gasteiger partial charge in [0.25, 0.3) is 5.69 Å². The van der Waals surface area contributed by atoms with Gasteiger partial charge < -0.3 is 10.2 Å². The maximum atomic E-state index is 14.1. The molecule has 3 aromatic rings. The Balaban J connectivity index is 2.07. The Hall–Kier alpha value is -4.25. The summed E-state index contributed by atoms with van der Waals surface area (Å²) < 4.78 is 26.5. The first-order valence-electron chi connectivity index (χ1n) is 13.3. The average molecular weight is 581 g/mol. The fraction of sp³-hybridized carbons (Fsp3) is 0.333. The summed E-state index contributed by atoms with van der Waals surface area (Å²) in [5.74, 6) is -0.979. The highest BCUT2D eigenvalue weighted by Crippen LogP contribution is 2.24. The number of nitrogens with one attached hydrogen (secondary N) is 1. The van der Waals surface area contributed by atoms with Crippen LogP contribution in [0.2, 0.25) is 0 Å². The lowest BCUT2D eigenvalue weighted by Gasteiger charge is -2.34. The van der Waals surface area contributed by atoms with Crippen LogP contribution in [0.4, 0.5) is 11.4 Å². The van der Waals surface area contributed by atoms with Crippen molar-refractivity contribution in [2.24, 2.45) is 0 Å². The molecule has 218 valence electrons. The predicted octanol–water partition coefficient (Wildman–Crippen LogP) is 4.22. The van der Waals surface area contributed by atoms with Crippen LogP contribution in [0, 0.1) is 17.0 Å². The Kier molecular flexibility index (Phi) is 10.6.